The minimum Gasteiger partial charge on any atom is -0.345 e. The molecule has 0 aromatic carbocycles. The van der Waals surface area contributed by atoms with Crippen LogP contribution in [0.4, 0.5) is 0 Å². The molecule has 1 N–H and O–H groups in total. The van der Waals surface area contributed by atoms with Gasteiger partial charge < -0.3 is 5.32 Å². The SMILES string of the molecule is CCC1NC(=O)C2C=CCC=C2C1=O. The van der Waals surface area contributed by atoms with Crippen molar-refractivity contribution in [2.24, 2.45) is 5.92 Å². The van der Waals surface area contributed by atoms with Crippen LogP contribution >= 0.6 is 0 Å². The summed E-state index contributed by atoms with van der Waals surface area (Å²) in [5.74, 6) is -0.292. The second kappa shape index (κ2) is 3.40. The van der Waals surface area contributed by atoms with Gasteiger partial charge in [-0.15, -0.1) is 0 Å². The van der Waals surface area contributed by atoms with E-state index in [1.165, 1.54) is 0 Å². The number of ketones is 1. The molecule has 0 spiro atoms. The average Bonchev–Trinajstić information content (AvgIpc) is 2.23. The number of fused-ring (bicyclic) bond motifs is 1. The summed E-state index contributed by atoms with van der Waals surface area (Å²) in [4.78, 5) is 23.4. The summed E-state index contributed by atoms with van der Waals surface area (Å²) in [6.07, 6.45) is 7.04. The predicted molar refractivity (Wildman–Crippen MR) is 52.6 cm³/mol. The number of carbonyl (C=O) groups excluding carboxylic acids is 2. The van der Waals surface area contributed by atoms with E-state index in [-0.39, 0.29) is 23.7 Å². The lowest BCUT2D eigenvalue weighted by molar-refractivity contribution is -0.131. The molecule has 0 aromatic rings. The van der Waals surface area contributed by atoms with Gasteiger partial charge in [0.15, 0.2) is 5.78 Å². The molecule has 1 amide bonds. The molecule has 3 heteroatoms. The molecule has 14 heavy (non-hydrogen) atoms. The Bertz CT molecular complexity index is 341. The van der Waals surface area contributed by atoms with Crippen molar-refractivity contribution < 1.29 is 9.59 Å². The van der Waals surface area contributed by atoms with Crippen molar-refractivity contribution in [1.29, 1.82) is 0 Å². The molecule has 0 bridgehead atoms. The van der Waals surface area contributed by atoms with Gasteiger partial charge in [0, 0.05) is 5.57 Å². The van der Waals surface area contributed by atoms with E-state index >= 15 is 0 Å². The third kappa shape index (κ3) is 1.29. The second-order valence-electron chi connectivity index (χ2n) is 3.63. The third-order valence-electron chi connectivity index (χ3n) is 2.75. The molecule has 2 aliphatic rings. The van der Waals surface area contributed by atoms with E-state index in [1.807, 2.05) is 25.2 Å². The van der Waals surface area contributed by atoms with Gasteiger partial charge in [-0.25, -0.2) is 0 Å². The standard InChI is InChI=1S/C11H13NO2/c1-2-9-10(13)7-5-3-4-6-8(7)11(14)12-9/h4-6,8-9H,2-3H2,1H3,(H,12,14). The number of hydrogen-bond acceptors (Lipinski definition) is 2. The lowest BCUT2D eigenvalue weighted by atomic mass is 9.83. The summed E-state index contributed by atoms with van der Waals surface area (Å²) in [6.45, 7) is 1.91. The maximum absolute atomic E-state index is 11.8. The lowest BCUT2D eigenvalue weighted by Crippen LogP contribution is -2.50. The number of carbonyl (C=O) groups is 2. The first kappa shape index (κ1) is 9.19. The molecule has 2 unspecified atom stereocenters. The zero-order valence-electron chi connectivity index (χ0n) is 8.12. The highest BCUT2D eigenvalue weighted by Crippen LogP contribution is 2.25. The lowest BCUT2D eigenvalue weighted by Gasteiger charge is -2.29. The van der Waals surface area contributed by atoms with Gasteiger partial charge in [0.05, 0.1) is 12.0 Å². The highest BCUT2D eigenvalue weighted by Gasteiger charge is 2.36. The molecule has 2 atom stereocenters. The number of amides is 1. The van der Waals surface area contributed by atoms with Crippen LogP contribution < -0.4 is 5.32 Å². The molecule has 2 rings (SSSR count). The number of rotatable bonds is 1. The molecule has 0 aromatic heterocycles. The van der Waals surface area contributed by atoms with Crippen molar-refractivity contribution in [2.75, 3.05) is 0 Å². The van der Waals surface area contributed by atoms with E-state index in [4.69, 9.17) is 0 Å². The van der Waals surface area contributed by atoms with Crippen LogP contribution in [-0.2, 0) is 9.59 Å². The molecule has 1 saturated heterocycles. The number of Topliss-reactive ketones (excluding diaryl/α,β-unsaturated/α-hetero) is 1. The van der Waals surface area contributed by atoms with Crippen LogP contribution in [-0.4, -0.2) is 17.7 Å². The Kier molecular flexibility index (Phi) is 2.23. The first-order chi connectivity index (χ1) is 6.74. The summed E-state index contributed by atoms with van der Waals surface area (Å²) in [7, 11) is 0. The Labute approximate surface area is 82.9 Å². The van der Waals surface area contributed by atoms with Crippen LogP contribution in [0.1, 0.15) is 19.8 Å². The first-order valence-electron chi connectivity index (χ1n) is 4.95. The molecule has 1 heterocycles. The molecule has 1 aliphatic heterocycles. The minimum atomic E-state index is -0.334. The zero-order chi connectivity index (χ0) is 10.1. The van der Waals surface area contributed by atoms with Gasteiger partial charge >= 0.3 is 0 Å². The van der Waals surface area contributed by atoms with E-state index in [1.54, 1.807) is 0 Å². The third-order valence-corrected chi connectivity index (χ3v) is 2.75. The monoisotopic (exact) mass is 191 g/mol. The highest BCUT2D eigenvalue weighted by atomic mass is 16.2. The Hall–Kier alpha value is -1.38. The van der Waals surface area contributed by atoms with Crippen LogP contribution in [0.3, 0.4) is 0 Å². The Balaban J connectivity index is 2.31. The Morgan fingerprint density at radius 1 is 1.50 bits per heavy atom. The van der Waals surface area contributed by atoms with Crippen LogP contribution in [0.25, 0.3) is 0 Å². The zero-order valence-corrected chi connectivity index (χ0v) is 8.12. The van der Waals surface area contributed by atoms with Gasteiger partial charge in [-0.05, 0) is 12.8 Å². The van der Waals surface area contributed by atoms with Gasteiger partial charge in [0.2, 0.25) is 5.91 Å². The summed E-state index contributed by atoms with van der Waals surface area (Å²) < 4.78 is 0. The van der Waals surface area contributed by atoms with Gasteiger partial charge in [-0.3, -0.25) is 9.59 Å². The van der Waals surface area contributed by atoms with Crippen molar-refractivity contribution in [1.82, 2.24) is 5.32 Å². The fourth-order valence-corrected chi connectivity index (χ4v) is 1.94. The summed E-state index contributed by atoms with van der Waals surface area (Å²) >= 11 is 0. The largest absolute Gasteiger partial charge is 0.345 e. The average molecular weight is 191 g/mol. The fraction of sp³-hybridized carbons (Fsp3) is 0.455. The van der Waals surface area contributed by atoms with Crippen molar-refractivity contribution >= 4 is 11.7 Å². The van der Waals surface area contributed by atoms with Crippen LogP contribution in [0, 0.1) is 5.92 Å². The highest BCUT2D eigenvalue weighted by molar-refractivity contribution is 6.10. The molecule has 0 radical (unpaired) electrons. The van der Waals surface area contributed by atoms with Crippen LogP contribution in [0.5, 0.6) is 0 Å². The number of hydrogen-bond donors (Lipinski definition) is 1. The normalized spacial score (nSPS) is 30.8. The smallest absolute Gasteiger partial charge is 0.232 e. The predicted octanol–water partition coefficient (Wildman–Crippen LogP) is 0.966. The molecular weight excluding hydrogens is 178 g/mol. The molecular formula is C11H13NO2. The topological polar surface area (TPSA) is 46.2 Å². The number of piperidine rings is 1. The van der Waals surface area contributed by atoms with Gasteiger partial charge in [-0.2, -0.15) is 0 Å². The minimum absolute atomic E-state index is 0.0429. The van der Waals surface area contributed by atoms with Crippen LogP contribution in [0.15, 0.2) is 23.8 Å². The molecule has 74 valence electrons. The molecule has 0 saturated carbocycles. The summed E-state index contributed by atoms with van der Waals surface area (Å²) in [6, 6.07) is -0.309. The van der Waals surface area contributed by atoms with Crippen molar-refractivity contribution in [3.63, 3.8) is 0 Å². The van der Waals surface area contributed by atoms with Gasteiger partial charge in [0.1, 0.15) is 0 Å². The summed E-state index contributed by atoms with van der Waals surface area (Å²) in [5, 5.41) is 2.73. The van der Waals surface area contributed by atoms with Gasteiger partial charge in [0.25, 0.3) is 0 Å². The van der Waals surface area contributed by atoms with Crippen molar-refractivity contribution in [3.8, 4) is 0 Å². The Morgan fingerprint density at radius 2 is 2.29 bits per heavy atom. The maximum atomic E-state index is 11.8. The number of allylic oxidation sites excluding steroid dienone is 2. The maximum Gasteiger partial charge on any atom is 0.232 e. The number of nitrogens with one attached hydrogen (secondary N) is 1. The van der Waals surface area contributed by atoms with E-state index in [9.17, 15) is 9.59 Å². The molecule has 3 nitrogen and oxygen atoms in total. The van der Waals surface area contributed by atoms with E-state index in [0.29, 0.717) is 12.0 Å². The van der Waals surface area contributed by atoms with Crippen LogP contribution in [0.2, 0.25) is 0 Å². The van der Waals surface area contributed by atoms with E-state index in [0.717, 1.165) is 6.42 Å². The summed E-state index contributed by atoms with van der Waals surface area (Å²) in [5.41, 5.74) is 0.683. The van der Waals surface area contributed by atoms with Gasteiger partial charge in [-0.1, -0.05) is 25.2 Å². The molecule has 1 aliphatic carbocycles. The quantitative estimate of drug-likeness (QED) is 0.628. The first-order valence-corrected chi connectivity index (χ1v) is 4.95. The van der Waals surface area contributed by atoms with E-state index in [2.05, 4.69) is 5.32 Å². The fourth-order valence-electron chi connectivity index (χ4n) is 1.94. The Morgan fingerprint density at radius 3 is 3.00 bits per heavy atom. The van der Waals surface area contributed by atoms with Crippen molar-refractivity contribution in [2.45, 2.75) is 25.8 Å². The van der Waals surface area contributed by atoms with E-state index < -0.39 is 0 Å². The molecule has 1 fully saturated rings. The second-order valence-corrected chi connectivity index (χ2v) is 3.63. The van der Waals surface area contributed by atoms with Crippen molar-refractivity contribution in [3.05, 3.63) is 23.8 Å².